The molecule has 0 fully saturated rings. The number of anilines is 1. The van der Waals surface area contributed by atoms with Gasteiger partial charge in [0.2, 0.25) is 0 Å². The molecule has 0 radical (unpaired) electrons. The zero-order valence-corrected chi connectivity index (χ0v) is 8.96. The summed E-state index contributed by atoms with van der Waals surface area (Å²) in [5.74, 6) is -0.367. The van der Waals surface area contributed by atoms with Crippen molar-refractivity contribution in [3.8, 4) is 0 Å². The zero-order valence-electron chi connectivity index (χ0n) is 7.37. The van der Waals surface area contributed by atoms with Gasteiger partial charge in [0.25, 0.3) is 0 Å². The summed E-state index contributed by atoms with van der Waals surface area (Å²) in [5, 5.41) is 20.4. The molecule has 0 saturated carbocycles. The second kappa shape index (κ2) is 5.29. The van der Waals surface area contributed by atoms with Crippen LogP contribution in [0.25, 0.3) is 0 Å². The summed E-state index contributed by atoms with van der Waals surface area (Å²) in [4.78, 5) is 0. The van der Waals surface area contributed by atoms with Crippen LogP contribution in [0.3, 0.4) is 0 Å². The lowest BCUT2D eigenvalue weighted by Gasteiger charge is -2.10. The molecule has 1 atom stereocenters. The quantitative estimate of drug-likeness (QED) is 0.769. The van der Waals surface area contributed by atoms with Crippen molar-refractivity contribution in [2.24, 2.45) is 0 Å². The second-order valence-corrected chi connectivity index (χ2v) is 3.70. The Morgan fingerprint density at radius 3 is 2.79 bits per heavy atom. The summed E-state index contributed by atoms with van der Waals surface area (Å²) >= 11 is 3.03. The first-order chi connectivity index (χ1) is 6.63. The maximum absolute atomic E-state index is 13.0. The van der Waals surface area contributed by atoms with E-state index in [2.05, 4.69) is 21.2 Å². The van der Waals surface area contributed by atoms with Crippen LogP contribution in [0.2, 0.25) is 0 Å². The molecule has 0 bridgehead atoms. The van der Waals surface area contributed by atoms with E-state index in [-0.39, 0.29) is 19.0 Å². The van der Waals surface area contributed by atoms with Crippen molar-refractivity contribution in [3.05, 3.63) is 28.5 Å². The van der Waals surface area contributed by atoms with Gasteiger partial charge in [-0.3, -0.25) is 0 Å². The Morgan fingerprint density at radius 1 is 1.50 bits per heavy atom. The maximum atomic E-state index is 13.0. The fourth-order valence-corrected chi connectivity index (χ4v) is 1.15. The molecule has 0 aliphatic carbocycles. The monoisotopic (exact) mass is 263 g/mol. The first-order valence-electron chi connectivity index (χ1n) is 4.11. The molecule has 0 heterocycles. The lowest BCUT2D eigenvalue weighted by molar-refractivity contribution is 0.105. The normalized spacial score (nSPS) is 12.6. The van der Waals surface area contributed by atoms with E-state index in [4.69, 9.17) is 10.2 Å². The minimum absolute atomic E-state index is 0.192. The molecule has 0 aliphatic rings. The molecule has 14 heavy (non-hydrogen) atoms. The Bertz CT molecular complexity index is 309. The van der Waals surface area contributed by atoms with E-state index in [1.54, 1.807) is 12.1 Å². The minimum atomic E-state index is -0.832. The highest BCUT2D eigenvalue weighted by Gasteiger charge is 2.03. The Kier molecular flexibility index (Phi) is 4.31. The largest absolute Gasteiger partial charge is 0.394 e. The van der Waals surface area contributed by atoms with Crippen LogP contribution in [0.4, 0.5) is 10.1 Å². The van der Waals surface area contributed by atoms with Crippen molar-refractivity contribution in [2.45, 2.75) is 6.10 Å². The van der Waals surface area contributed by atoms with Gasteiger partial charge in [-0.05, 0) is 34.1 Å². The third kappa shape index (κ3) is 3.25. The van der Waals surface area contributed by atoms with Gasteiger partial charge in [-0.15, -0.1) is 0 Å². The highest BCUT2D eigenvalue weighted by Crippen LogP contribution is 2.19. The Balaban J connectivity index is 2.55. The number of halogens is 2. The molecule has 1 aromatic carbocycles. The summed E-state index contributed by atoms with van der Waals surface area (Å²) in [5.41, 5.74) is 0.568. The summed E-state index contributed by atoms with van der Waals surface area (Å²) in [7, 11) is 0. The van der Waals surface area contributed by atoms with Crippen molar-refractivity contribution < 1.29 is 14.6 Å². The molecule has 1 aromatic rings. The molecule has 3 nitrogen and oxygen atoms in total. The summed E-state index contributed by atoms with van der Waals surface area (Å²) in [6.07, 6.45) is -0.832. The van der Waals surface area contributed by atoms with Crippen LogP contribution in [-0.2, 0) is 0 Å². The van der Waals surface area contributed by atoms with Crippen LogP contribution in [0.5, 0.6) is 0 Å². The molecule has 78 valence electrons. The van der Waals surface area contributed by atoms with Crippen molar-refractivity contribution in [3.63, 3.8) is 0 Å². The van der Waals surface area contributed by atoms with Gasteiger partial charge in [0.15, 0.2) is 0 Å². The van der Waals surface area contributed by atoms with Crippen LogP contribution in [0.15, 0.2) is 22.7 Å². The van der Waals surface area contributed by atoms with Gasteiger partial charge < -0.3 is 15.5 Å². The lowest BCUT2D eigenvalue weighted by Crippen LogP contribution is -2.22. The van der Waals surface area contributed by atoms with Crippen molar-refractivity contribution in [1.29, 1.82) is 0 Å². The molecule has 0 saturated heterocycles. The number of hydrogen-bond acceptors (Lipinski definition) is 3. The molecule has 5 heteroatoms. The minimum Gasteiger partial charge on any atom is -0.394 e. The van der Waals surface area contributed by atoms with Crippen LogP contribution in [-0.4, -0.2) is 29.5 Å². The molecule has 0 amide bonds. The number of aliphatic hydroxyl groups excluding tert-OH is 2. The topological polar surface area (TPSA) is 52.5 Å². The fraction of sp³-hybridized carbons (Fsp3) is 0.333. The van der Waals surface area contributed by atoms with E-state index in [1.807, 2.05) is 0 Å². The maximum Gasteiger partial charge on any atom is 0.139 e. The molecule has 1 rings (SSSR count). The van der Waals surface area contributed by atoms with Crippen molar-refractivity contribution >= 4 is 21.6 Å². The second-order valence-electron chi connectivity index (χ2n) is 2.85. The average molecular weight is 264 g/mol. The van der Waals surface area contributed by atoms with Gasteiger partial charge in [0.1, 0.15) is 5.82 Å². The molecule has 0 aliphatic heterocycles. The van der Waals surface area contributed by atoms with E-state index in [0.717, 1.165) is 0 Å². The highest BCUT2D eigenvalue weighted by atomic mass is 79.9. The van der Waals surface area contributed by atoms with Gasteiger partial charge in [-0.1, -0.05) is 0 Å². The van der Waals surface area contributed by atoms with E-state index in [1.165, 1.54) is 6.07 Å². The van der Waals surface area contributed by atoms with E-state index in [9.17, 15) is 4.39 Å². The highest BCUT2D eigenvalue weighted by molar-refractivity contribution is 9.10. The van der Waals surface area contributed by atoms with Gasteiger partial charge in [-0.25, -0.2) is 4.39 Å². The predicted molar refractivity (Wildman–Crippen MR) is 55.7 cm³/mol. The molecule has 3 N–H and O–H groups in total. The van der Waals surface area contributed by atoms with Crippen LogP contribution < -0.4 is 5.32 Å². The van der Waals surface area contributed by atoms with Crippen LogP contribution in [0.1, 0.15) is 0 Å². The first kappa shape index (κ1) is 11.4. The first-order valence-corrected chi connectivity index (χ1v) is 4.90. The lowest BCUT2D eigenvalue weighted by atomic mass is 10.3. The Hall–Kier alpha value is -0.650. The van der Waals surface area contributed by atoms with E-state index in [0.29, 0.717) is 10.2 Å². The molecule has 0 unspecified atom stereocenters. The van der Waals surface area contributed by atoms with Crippen molar-refractivity contribution in [2.75, 3.05) is 18.5 Å². The van der Waals surface area contributed by atoms with E-state index >= 15 is 0 Å². The number of benzene rings is 1. The van der Waals surface area contributed by atoms with E-state index < -0.39 is 6.10 Å². The third-order valence-corrected chi connectivity index (χ3v) is 2.32. The molecular weight excluding hydrogens is 253 g/mol. The van der Waals surface area contributed by atoms with Crippen LogP contribution in [0, 0.1) is 5.82 Å². The number of rotatable bonds is 4. The summed E-state index contributed by atoms with van der Waals surface area (Å²) < 4.78 is 13.4. The average Bonchev–Trinajstić information content (AvgIpc) is 2.19. The predicted octanol–water partition coefficient (Wildman–Crippen LogP) is 1.35. The van der Waals surface area contributed by atoms with Gasteiger partial charge in [-0.2, -0.15) is 0 Å². The zero-order chi connectivity index (χ0) is 10.6. The Morgan fingerprint density at radius 2 is 2.21 bits per heavy atom. The number of aliphatic hydroxyl groups is 2. The number of hydrogen-bond donors (Lipinski definition) is 3. The van der Waals surface area contributed by atoms with Gasteiger partial charge >= 0.3 is 0 Å². The summed E-state index contributed by atoms with van der Waals surface area (Å²) in [6.45, 7) is -0.121. The van der Waals surface area contributed by atoms with Gasteiger partial charge in [0.05, 0.1) is 17.2 Å². The molecular formula is C9H11BrFNO2. The van der Waals surface area contributed by atoms with Crippen molar-refractivity contribution in [1.82, 2.24) is 0 Å². The standard InChI is InChI=1S/C9H11BrFNO2/c10-8-2-1-6(3-9(8)11)12-4-7(14)5-13/h1-3,7,12-14H,4-5H2/t7-/m0/s1. The molecule has 0 spiro atoms. The number of nitrogens with one attached hydrogen (secondary N) is 1. The summed E-state index contributed by atoms with van der Waals surface area (Å²) in [6, 6.07) is 4.56. The SMILES string of the molecule is OC[C@@H](O)CNc1ccc(Br)c(F)c1. The molecule has 0 aromatic heterocycles. The van der Waals surface area contributed by atoms with Gasteiger partial charge in [0, 0.05) is 12.2 Å². The smallest absolute Gasteiger partial charge is 0.139 e. The van der Waals surface area contributed by atoms with Crippen LogP contribution >= 0.6 is 15.9 Å². The third-order valence-electron chi connectivity index (χ3n) is 1.67. The fourth-order valence-electron chi connectivity index (χ4n) is 0.906. The Labute approximate surface area is 89.7 Å².